The van der Waals surface area contributed by atoms with E-state index in [4.69, 9.17) is 4.42 Å². The molecule has 6 nitrogen and oxygen atoms in total. The first kappa shape index (κ1) is 22.4. The minimum absolute atomic E-state index is 0.106. The SMILES string of the molecule is O=C(c1ccc(NS(=O)(=O)c2ccc(F)cc2)cc1)c1cc2cc(Br)cc(Br)c2oc1=O. The molecular weight excluding hydrogens is 569 g/mol. The number of rotatable bonds is 5. The molecule has 0 amide bonds. The van der Waals surface area contributed by atoms with Crippen molar-refractivity contribution in [2.24, 2.45) is 0 Å². The lowest BCUT2D eigenvalue weighted by Crippen LogP contribution is -2.15. The number of halogens is 3. The molecule has 32 heavy (non-hydrogen) atoms. The standard InChI is InChI=1S/C22H12Br2FNO5S/c23-14-9-13-10-18(22(28)31-21(13)19(24)11-14)20(27)12-1-5-16(6-2-12)26-32(29,30)17-7-3-15(25)4-8-17/h1-11,26H. The van der Waals surface area contributed by atoms with E-state index >= 15 is 0 Å². The van der Waals surface area contributed by atoms with Gasteiger partial charge in [-0.05, 0) is 82.7 Å². The van der Waals surface area contributed by atoms with Crippen LogP contribution in [-0.4, -0.2) is 14.2 Å². The molecule has 0 aliphatic rings. The summed E-state index contributed by atoms with van der Waals surface area (Å²) < 4.78 is 46.8. The molecule has 1 heterocycles. The maximum Gasteiger partial charge on any atom is 0.347 e. The molecule has 0 saturated carbocycles. The van der Waals surface area contributed by atoms with Crippen LogP contribution in [0, 0.1) is 5.82 Å². The summed E-state index contributed by atoms with van der Waals surface area (Å²) >= 11 is 6.67. The van der Waals surface area contributed by atoms with Gasteiger partial charge in [-0.15, -0.1) is 0 Å². The third-order valence-corrected chi connectivity index (χ3v) is 6.96. The molecule has 162 valence electrons. The summed E-state index contributed by atoms with van der Waals surface area (Å²) in [4.78, 5) is 25.1. The molecule has 0 aliphatic carbocycles. The highest BCUT2D eigenvalue weighted by Crippen LogP contribution is 2.28. The summed E-state index contributed by atoms with van der Waals surface area (Å²) in [5.74, 6) is -1.12. The summed E-state index contributed by atoms with van der Waals surface area (Å²) in [7, 11) is -3.93. The van der Waals surface area contributed by atoms with Crippen LogP contribution < -0.4 is 10.3 Å². The third kappa shape index (κ3) is 4.52. The van der Waals surface area contributed by atoms with Crippen molar-refractivity contribution in [3.8, 4) is 0 Å². The van der Waals surface area contributed by atoms with Crippen LogP contribution in [0.5, 0.6) is 0 Å². The predicted molar refractivity (Wildman–Crippen MR) is 125 cm³/mol. The van der Waals surface area contributed by atoms with Crippen LogP contribution in [0.4, 0.5) is 10.1 Å². The minimum Gasteiger partial charge on any atom is -0.421 e. The number of hydrogen-bond acceptors (Lipinski definition) is 5. The van der Waals surface area contributed by atoms with Crippen LogP contribution in [0.1, 0.15) is 15.9 Å². The molecule has 0 saturated heterocycles. The molecule has 10 heteroatoms. The maximum absolute atomic E-state index is 13.0. The van der Waals surface area contributed by atoms with Gasteiger partial charge in [0.05, 0.1) is 9.37 Å². The van der Waals surface area contributed by atoms with Gasteiger partial charge < -0.3 is 4.42 Å². The lowest BCUT2D eigenvalue weighted by molar-refractivity contribution is 0.103. The molecule has 0 atom stereocenters. The molecule has 3 aromatic carbocycles. The van der Waals surface area contributed by atoms with Crippen molar-refractivity contribution in [2.45, 2.75) is 4.90 Å². The Bertz CT molecular complexity index is 1520. The van der Waals surface area contributed by atoms with Crippen molar-refractivity contribution in [2.75, 3.05) is 4.72 Å². The highest BCUT2D eigenvalue weighted by Gasteiger charge is 2.18. The van der Waals surface area contributed by atoms with Crippen molar-refractivity contribution >= 4 is 64.3 Å². The van der Waals surface area contributed by atoms with Crippen molar-refractivity contribution in [1.82, 2.24) is 0 Å². The summed E-state index contributed by atoms with van der Waals surface area (Å²) in [5, 5.41) is 0.554. The lowest BCUT2D eigenvalue weighted by Gasteiger charge is -2.09. The number of ketones is 1. The quantitative estimate of drug-likeness (QED) is 0.249. The first-order chi connectivity index (χ1) is 15.1. The Morgan fingerprint density at radius 1 is 0.938 bits per heavy atom. The maximum atomic E-state index is 13.0. The molecule has 0 spiro atoms. The number of fused-ring (bicyclic) bond motifs is 1. The summed E-state index contributed by atoms with van der Waals surface area (Å²) in [6.07, 6.45) is 0. The number of anilines is 1. The van der Waals surface area contributed by atoms with Crippen LogP contribution in [0.25, 0.3) is 11.0 Å². The van der Waals surface area contributed by atoms with E-state index < -0.39 is 27.2 Å². The van der Waals surface area contributed by atoms with Gasteiger partial charge in [-0.3, -0.25) is 9.52 Å². The molecule has 4 aromatic rings. The first-order valence-corrected chi connectivity index (χ1v) is 12.1. The third-order valence-electron chi connectivity index (χ3n) is 4.52. The minimum atomic E-state index is -3.93. The zero-order chi connectivity index (χ0) is 23.0. The Balaban J connectivity index is 1.62. The van der Waals surface area contributed by atoms with E-state index in [2.05, 4.69) is 36.6 Å². The predicted octanol–water partition coefficient (Wildman–Crippen LogP) is 5.49. The van der Waals surface area contributed by atoms with E-state index in [0.717, 1.165) is 28.7 Å². The van der Waals surface area contributed by atoms with Gasteiger partial charge in [0.25, 0.3) is 10.0 Å². The number of benzene rings is 3. The molecular formula is C22H12Br2FNO5S. The van der Waals surface area contributed by atoms with Gasteiger partial charge in [0.1, 0.15) is 11.4 Å². The molecule has 0 radical (unpaired) electrons. The van der Waals surface area contributed by atoms with E-state index in [0.29, 0.717) is 15.4 Å². The smallest absolute Gasteiger partial charge is 0.347 e. The van der Waals surface area contributed by atoms with E-state index in [1.807, 2.05) is 0 Å². The largest absolute Gasteiger partial charge is 0.421 e. The van der Waals surface area contributed by atoms with Gasteiger partial charge >= 0.3 is 5.63 Å². The van der Waals surface area contributed by atoms with E-state index in [1.165, 1.54) is 30.3 Å². The van der Waals surface area contributed by atoms with Crippen molar-refractivity contribution < 1.29 is 22.0 Å². The van der Waals surface area contributed by atoms with Gasteiger partial charge in [0.15, 0.2) is 11.4 Å². The molecule has 0 bridgehead atoms. The molecule has 0 unspecified atom stereocenters. The number of carbonyl (C=O) groups excluding carboxylic acids is 1. The van der Waals surface area contributed by atoms with E-state index in [9.17, 15) is 22.4 Å². The molecule has 1 aromatic heterocycles. The fraction of sp³-hybridized carbons (Fsp3) is 0. The van der Waals surface area contributed by atoms with Crippen LogP contribution in [-0.2, 0) is 10.0 Å². The second-order valence-electron chi connectivity index (χ2n) is 6.72. The van der Waals surface area contributed by atoms with Crippen LogP contribution in [0.15, 0.2) is 89.8 Å². The van der Waals surface area contributed by atoms with Gasteiger partial charge in [-0.25, -0.2) is 17.6 Å². The Hall–Kier alpha value is -2.82. The Morgan fingerprint density at radius 2 is 1.59 bits per heavy atom. The second-order valence-corrected chi connectivity index (χ2v) is 10.2. The number of nitrogens with one attached hydrogen (secondary N) is 1. The zero-order valence-corrected chi connectivity index (χ0v) is 19.9. The topological polar surface area (TPSA) is 93.4 Å². The fourth-order valence-electron chi connectivity index (χ4n) is 2.99. The van der Waals surface area contributed by atoms with Crippen molar-refractivity contribution in [1.29, 1.82) is 0 Å². The van der Waals surface area contributed by atoms with Crippen molar-refractivity contribution in [3.05, 3.63) is 103 Å². The van der Waals surface area contributed by atoms with Crippen LogP contribution >= 0.6 is 31.9 Å². The normalized spacial score (nSPS) is 11.5. The van der Waals surface area contributed by atoms with Crippen molar-refractivity contribution in [3.63, 3.8) is 0 Å². The monoisotopic (exact) mass is 579 g/mol. The average Bonchev–Trinajstić information content (AvgIpc) is 2.74. The Morgan fingerprint density at radius 3 is 2.25 bits per heavy atom. The molecule has 0 fully saturated rings. The van der Waals surface area contributed by atoms with Gasteiger partial charge in [-0.1, -0.05) is 15.9 Å². The van der Waals surface area contributed by atoms with Gasteiger partial charge in [0, 0.05) is 21.1 Å². The number of sulfonamides is 1. The van der Waals surface area contributed by atoms with E-state index in [1.54, 1.807) is 12.1 Å². The average molecular weight is 581 g/mol. The number of hydrogen-bond donors (Lipinski definition) is 1. The first-order valence-electron chi connectivity index (χ1n) is 9.00. The highest BCUT2D eigenvalue weighted by atomic mass is 79.9. The summed E-state index contributed by atoms with van der Waals surface area (Å²) in [5.41, 5.74) is -0.242. The van der Waals surface area contributed by atoms with Gasteiger partial charge in [-0.2, -0.15) is 0 Å². The summed E-state index contributed by atoms with van der Waals surface area (Å²) in [6, 6.07) is 14.8. The molecule has 1 N–H and O–H groups in total. The summed E-state index contributed by atoms with van der Waals surface area (Å²) in [6.45, 7) is 0. The molecule has 0 aliphatic heterocycles. The fourth-order valence-corrected chi connectivity index (χ4v) is 5.39. The Labute approximate surface area is 198 Å². The highest BCUT2D eigenvalue weighted by molar-refractivity contribution is 9.11. The molecule has 4 rings (SSSR count). The van der Waals surface area contributed by atoms with Crippen LogP contribution in [0.3, 0.4) is 0 Å². The Kier molecular flexibility index (Phi) is 6.02. The second kappa shape index (κ2) is 8.61. The van der Waals surface area contributed by atoms with E-state index in [-0.39, 0.29) is 21.7 Å². The number of carbonyl (C=O) groups is 1. The lowest BCUT2D eigenvalue weighted by atomic mass is 10.0. The van der Waals surface area contributed by atoms with Gasteiger partial charge in [0.2, 0.25) is 0 Å². The zero-order valence-electron chi connectivity index (χ0n) is 15.9. The van der Waals surface area contributed by atoms with Crippen LogP contribution in [0.2, 0.25) is 0 Å².